The van der Waals surface area contributed by atoms with Crippen LogP contribution in [0.2, 0.25) is 0 Å². The first kappa shape index (κ1) is 15.8. The molecule has 2 aliphatic rings. The number of amides is 1. The number of carbonyl (C=O) groups excluding carboxylic acids is 1. The van der Waals surface area contributed by atoms with Crippen LogP contribution in [0, 0.1) is 11.8 Å². The summed E-state index contributed by atoms with van der Waals surface area (Å²) in [6.45, 7) is 9.62. The number of nitrogens with zero attached hydrogens (tertiary/aromatic N) is 1. The Morgan fingerprint density at radius 1 is 1.30 bits per heavy atom. The molecule has 116 valence electrons. The van der Waals surface area contributed by atoms with E-state index in [2.05, 4.69) is 29.4 Å². The van der Waals surface area contributed by atoms with E-state index in [1.165, 1.54) is 25.8 Å². The second-order valence-corrected chi connectivity index (χ2v) is 6.72. The highest BCUT2D eigenvalue weighted by atomic mass is 16.1. The van der Waals surface area contributed by atoms with Crippen molar-refractivity contribution in [2.75, 3.05) is 32.7 Å². The maximum absolute atomic E-state index is 12.1. The fraction of sp³-hybridized carbons (Fsp3) is 0.938. The molecule has 0 aromatic carbocycles. The SMILES string of the molecule is CC1CNCC(C(=O)NCCCN2CCCCC2C)C1. The van der Waals surface area contributed by atoms with Gasteiger partial charge in [0.25, 0.3) is 0 Å². The first-order chi connectivity index (χ1) is 9.66. The van der Waals surface area contributed by atoms with E-state index in [-0.39, 0.29) is 11.8 Å². The molecule has 0 aliphatic carbocycles. The van der Waals surface area contributed by atoms with E-state index < -0.39 is 0 Å². The zero-order valence-corrected chi connectivity index (χ0v) is 13.2. The quantitative estimate of drug-likeness (QED) is 0.753. The van der Waals surface area contributed by atoms with Crippen molar-refractivity contribution in [3.8, 4) is 0 Å². The molecule has 0 spiro atoms. The Bertz CT molecular complexity index is 308. The minimum Gasteiger partial charge on any atom is -0.356 e. The number of rotatable bonds is 5. The number of carbonyl (C=O) groups is 1. The van der Waals surface area contributed by atoms with Gasteiger partial charge in [-0.3, -0.25) is 4.79 Å². The van der Waals surface area contributed by atoms with Crippen LogP contribution >= 0.6 is 0 Å². The Morgan fingerprint density at radius 3 is 2.90 bits per heavy atom. The number of nitrogens with one attached hydrogen (secondary N) is 2. The van der Waals surface area contributed by atoms with Gasteiger partial charge in [0.2, 0.25) is 5.91 Å². The summed E-state index contributed by atoms with van der Waals surface area (Å²) in [5, 5.41) is 6.47. The molecule has 4 heteroatoms. The Morgan fingerprint density at radius 2 is 2.15 bits per heavy atom. The molecule has 0 radical (unpaired) electrons. The molecule has 3 atom stereocenters. The summed E-state index contributed by atoms with van der Waals surface area (Å²) in [6.07, 6.45) is 6.15. The molecule has 2 fully saturated rings. The van der Waals surface area contributed by atoms with Crippen LogP contribution in [-0.2, 0) is 4.79 Å². The van der Waals surface area contributed by atoms with Gasteiger partial charge in [-0.15, -0.1) is 0 Å². The molecule has 1 amide bonds. The lowest BCUT2D eigenvalue weighted by Gasteiger charge is -2.33. The number of hydrogen-bond acceptors (Lipinski definition) is 3. The topological polar surface area (TPSA) is 44.4 Å². The van der Waals surface area contributed by atoms with E-state index in [1.807, 2.05) is 0 Å². The van der Waals surface area contributed by atoms with Crippen LogP contribution in [0.25, 0.3) is 0 Å². The molecular weight excluding hydrogens is 250 g/mol. The van der Waals surface area contributed by atoms with Gasteiger partial charge in [-0.1, -0.05) is 13.3 Å². The Kier molecular flexibility index (Phi) is 6.30. The molecule has 3 unspecified atom stereocenters. The van der Waals surface area contributed by atoms with Crippen LogP contribution in [-0.4, -0.2) is 49.6 Å². The van der Waals surface area contributed by atoms with Crippen LogP contribution in [0.5, 0.6) is 0 Å². The van der Waals surface area contributed by atoms with Gasteiger partial charge in [0, 0.05) is 25.7 Å². The lowest BCUT2D eigenvalue weighted by molar-refractivity contribution is -0.125. The summed E-state index contributed by atoms with van der Waals surface area (Å²) >= 11 is 0. The molecule has 2 saturated heterocycles. The highest BCUT2D eigenvalue weighted by Gasteiger charge is 2.24. The molecule has 2 heterocycles. The number of hydrogen-bond donors (Lipinski definition) is 2. The molecule has 4 nitrogen and oxygen atoms in total. The molecule has 2 N–H and O–H groups in total. The average Bonchev–Trinajstić information content (AvgIpc) is 2.45. The Hall–Kier alpha value is -0.610. The number of piperidine rings is 2. The maximum atomic E-state index is 12.1. The molecule has 2 aliphatic heterocycles. The zero-order chi connectivity index (χ0) is 14.4. The first-order valence-electron chi connectivity index (χ1n) is 8.39. The van der Waals surface area contributed by atoms with Gasteiger partial charge in [0.05, 0.1) is 5.92 Å². The second-order valence-electron chi connectivity index (χ2n) is 6.72. The first-order valence-corrected chi connectivity index (χ1v) is 8.39. The third-order valence-corrected chi connectivity index (χ3v) is 4.80. The largest absolute Gasteiger partial charge is 0.356 e. The summed E-state index contributed by atoms with van der Waals surface area (Å²) in [6, 6.07) is 0.725. The molecular formula is C16H31N3O. The van der Waals surface area contributed by atoms with Crippen LogP contribution in [0.1, 0.15) is 46.0 Å². The van der Waals surface area contributed by atoms with Crippen LogP contribution in [0.15, 0.2) is 0 Å². The smallest absolute Gasteiger partial charge is 0.224 e. The van der Waals surface area contributed by atoms with E-state index in [0.717, 1.165) is 45.1 Å². The van der Waals surface area contributed by atoms with E-state index in [4.69, 9.17) is 0 Å². The van der Waals surface area contributed by atoms with Crippen LogP contribution in [0.4, 0.5) is 0 Å². The predicted molar refractivity (Wildman–Crippen MR) is 82.7 cm³/mol. The summed E-state index contributed by atoms with van der Waals surface area (Å²) in [7, 11) is 0. The summed E-state index contributed by atoms with van der Waals surface area (Å²) in [5.41, 5.74) is 0. The van der Waals surface area contributed by atoms with Gasteiger partial charge in [0.15, 0.2) is 0 Å². The van der Waals surface area contributed by atoms with Gasteiger partial charge < -0.3 is 15.5 Å². The van der Waals surface area contributed by atoms with Crippen LogP contribution < -0.4 is 10.6 Å². The molecule has 0 bridgehead atoms. The maximum Gasteiger partial charge on any atom is 0.224 e. The lowest BCUT2D eigenvalue weighted by atomic mass is 9.91. The van der Waals surface area contributed by atoms with Gasteiger partial charge in [-0.05, 0) is 51.6 Å². The van der Waals surface area contributed by atoms with Crippen molar-refractivity contribution in [2.24, 2.45) is 11.8 Å². The standard InChI is InChI=1S/C16H31N3O/c1-13-10-15(12-17-11-13)16(20)18-7-5-9-19-8-4-3-6-14(19)2/h13-15,17H,3-12H2,1-2H3,(H,18,20). The Balaban J connectivity index is 1.59. The van der Waals surface area contributed by atoms with E-state index in [9.17, 15) is 4.79 Å². The summed E-state index contributed by atoms with van der Waals surface area (Å²) in [5.74, 6) is 1.04. The van der Waals surface area contributed by atoms with Gasteiger partial charge in [-0.2, -0.15) is 0 Å². The third-order valence-electron chi connectivity index (χ3n) is 4.80. The fourth-order valence-corrected chi connectivity index (χ4v) is 3.48. The molecule has 20 heavy (non-hydrogen) atoms. The highest BCUT2D eigenvalue weighted by molar-refractivity contribution is 5.78. The fourth-order valence-electron chi connectivity index (χ4n) is 3.48. The zero-order valence-electron chi connectivity index (χ0n) is 13.2. The van der Waals surface area contributed by atoms with E-state index in [0.29, 0.717) is 5.92 Å². The van der Waals surface area contributed by atoms with E-state index >= 15 is 0 Å². The lowest BCUT2D eigenvalue weighted by Crippen LogP contribution is -2.44. The van der Waals surface area contributed by atoms with Crippen molar-refractivity contribution >= 4 is 5.91 Å². The van der Waals surface area contributed by atoms with Crippen molar-refractivity contribution in [1.29, 1.82) is 0 Å². The van der Waals surface area contributed by atoms with Crippen LogP contribution in [0.3, 0.4) is 0 Å². The van der Waals surface area contributed by atoms with Gasteiger partial charge in [-0.25, -0.2) is 0 Å². The van der Waals surface area contributed by atoms with Crippen molar-refractivity contribution in [2.45, 2.75) is 52.0 Å². The number of likely N-dealkylation sites (tertiary alicyclic amines) is 1. The predicted octanol–water partition coefficient (Wildman–Crippen LogP) is 1.61. The van der Waals surface area contributed by atoms with Crippen molar-refractivity contribution < 1.29 is 4.79 Å². The molecule has 0 aromatic rings. The Labute approximate surface area is 123 Å². The minimum absolute atomic E-state index is 0.174. The summed E-state index contributed by atoms with van der Waals surface area (Å²) in [4.78, 5) is 14.7. The molecule has 0 saturated carbocycles. The van der Waals surface area contributed by atoms with Gasteiger partial charge in [0.1, 0.15) is 0 Å². The van der Waals surface area contributed by atoms with E-state index in [1.54, 1.807) is 0 Å². The minimum atomic E-state index is 0.174. The molecule has 0 aromatic heterocycles. The summed E-state index contributed by atoms with van der Waals surface area (Å²) < 4.78 is 0. The highest BCUT2D eigenvalue weighted by Crippen LogP contribution is 2.17. The third kappa shape index (κ3) is 4.74. The monoisotopic (exact) mass is 281 g/mol. The molecule has 2 rings (SSSR count). The van der Waals surface area contributed by atoms with Crippen molar-refractivity contribution in [1.82, 2.24) is 15.5 Å². The van der Waals surface area contributed by atoms with Crippen molar-refractivity contribution in [3.05, 3.63) is 0 Å². The van der Waals surface area contributed by atoms with Gasteiger partial charge >= 0.3 is 0 Å². The normalized spacial score (nSPS) is 32.0. The second kappa shape index (κ2) is 7.99. The van der Waals surface area contributed by atoms with Crippen molar-refractivity contribution in [3.63, 3.8) is 0 Å². The average molecular weight is 281 g/mol.